The van der Waals surface area contributed by atoms with E-state index in [0.29, 0.717) is 18.8 Å². The number of carbonyl (C=O) groups is 2. The van der Waals surface area contributed by atoms with E-state index in [0.717, 1.165) is 75.7 Å². The predicted octanol–water partition coefficient (Wildman–Crippen LogP) is 6.14. The van der Waals surface area contributed by atoms with Crippen molar-refractivity contribution in [1.82, 2.24) is 0 Å². The Morgan fingerprint density at radius 3 is 2.53 bits per heavy atom. The average Bonchev–Trinajstić information content (AvgIpc) is 3.10. The largest absolute Gasteiger partial charge is 0.469 e. The van der Waals surface area contributed by atoms with Gasteiger partial charge in [-0.3, -0.25) is 9.59 Å². The minimum absolute atomic E-state index is 0.135. The zero-order valence-corrected chi connectivity index (χ0v) is 20.1. The number of methoxy groups -OCH3 is 1. The Kier molecular flexibility index (Phi) is 15.0. The van der Waals surface area contributed by atoms with E-state index in [-0.39, 0.29) is 18.0 Å². The zero-order chi connectivity index (χ0) is 22.2. The molecule has 2 atom stereocenters. The molecule has 1 rings (SSSR count). The Bertz CT molecular complexity index is 532. The molecule has 0 saturated heterocycles. The minimum atomic E-state index is -0.229. The van der Waals surface area contributed by atoms with Gasteiger partial charge in [-0.05, 0) is 56.6 Å². The highest BCUT2D eigenvalue weighted by atomic mass is 32.2. The molecule has 1 aliphatic carbocycles. The van der Waals surface area contributed by atoms with Crippen LogP contribution in [0, 0.1) is 5.92 Å². The molecule has 0 spiro atoms. The molecule has 0 aromatic heterocycles. The molecule has 0 fully saturated rings. The summed E-state index contributed by atoms with van der Waals surface area (Å²) in [6.45, 7) is 4.16. The van der Waals surface area contributed by atoms with E-state index < -0.39 is 0 Å². The molecule has 5 nitrogen and oxygen atoms in total. The molecule has 0 aromatic carbocycles. The number of esters is 2. The zero-order valence-electron chi connectivity index (χ0n) is 19.2. The molecule has 0 saturated carbocycles. The first-order chi connectivity index (χ1) is 14.5. The number of hydrogen-bond donors (Lipinski definition) is 1. The third-order valence-corrected chi connectivity index (χ3v) is 6.92. The first-order valence-corrected chi connectivity index (χ1v) is 12.8. The molecule has 0 bridgehead atoms. The van der Waals surface area contributed by atoms with E-state index in [2.05, 4.69) is 11.7 Å². The smallest absolute Gasteiger partial charge is 0.310 e. The summed E-state index contributed by atoms with van der Waals surface area (Å²) in [5.41, 5.74) is 0. The molecule has 0 amide bonds. The van der Waals surface area contributed by atoms with E-state index in [1.54, 1.807) is 11.8 Å². The van der Waals surface area contributed by atoms with Gasteiger partial charge in [0.25, 0.3) is 0 Å². The Morgan fingerprint density at radius 1 is 1.03 bits per heavy atom. The normalized spacial score (nSPS) is 17.3. The number of thioether (sulfide) groups is 1. The molecular formula is C24H42O5S. The van der Waals surface area contributed by atoms with Gasteiger partial charge in [-0.25, -0.2) is 0 Å². The lowest BCUT2D eigenvalue weighted by Gasteiger charge is -2.17. The van der Waals surface area contributed by atoms with Gasteiger partial charge in [0, 0.05) is 24.2 Å². The van der Waals surface area contributed by atoms with Gasteiger partial charge < -0.3 is 14.6 Å². The summed E-state index contributed by atoms with van der Waals surface area (Å²) in [6.07, 6.45) is 12.2. The first-order valence-electron chi connectivity index (χ1n) is 11.8. The van der Waals surface area contributed by atoms with Crippen LogP contribution in [0.25, 0.3) is 0 Å². The number of carbonyl (C=O) groups excluding carboxylic acids is 2. The van der Waals surface area contributed by atoms with Gasteiger partial charge in [-0.2, -0.15) is 0 Å². The van der Waals surface area contributed by atoms with Gasteiger partial charge in [0.2, 0.25) is 0 Å². The quantitative estimate of drug-likeness (QED) is 0.215. The van der Waals surface area contributed by atoms with Gasteiger partial charge in [0.05, 0.1) is 13.2 Å². The SMILES string of the molecule is CCCCCC(O)CCC1CCC(OC(=O)CCC)=C1SCCCCCC(=O)OC. The maximum atomic E-state index is 12.0. The summed E-state index contributed by atoms with van der Waals surface area (Å²) in [5.74, 6) is 1.92. The monoisotopic (exact) mass is 442 g/mol. The molecule has 0 aromatic rings. The van der Waals surface area contributed by atoms with Gasteiger partial charge in [-0.1, -0.05) is 39.5 Å². The fourth-order valence-corrected chi connectivity index (χ4v) is 5.10. The molecule has 0 radical (unpaired) electrons. The second-order valence-electron chi connectivity index (χ2n) is 8.21. The maximum Gasteiger partial charge on any atom is 0.310 e. The van der Waals surface area contributed by atoms with Crippen LogP contribution in [0.5, 0.6) is 0 Å². The summed E-state index contributed by atoms with van der Waals surface area (Å²) in [6, 6.07) is 0. The predicted molar refractivity (Wildman–Crippen MR) is 123 cm³/mol. The Hall–Kier alpha value is -1.01. The Morgan fingerprint density at radius 2 is 1.83 bits per heavy atom. The van der Waals surface area contributed by atoms with Crippen molar-refractivity contribution < 1.29 is 24.2 Å². The number of allylic oxidation sites excluding steroid dienone is 2. The second kappa shape index (κ2) is 16.7. The lowest BCUT2D eigenvalue weighted by Crippen LogP contribution is -2.10. The van der Waals surface area contributed by atoms with Crippen molar-refractivity contribution in [3.05, 3.63) is 10.7 Å². The number of rotatable bonds is 17. The van der Waals surface area contributed by atoms with Crippen LogP contribution in [0.4, 0.5) is 0 Å². The van der Waals surface area contributed by atoms with Crippen LogP contribution in [-0.2, 0) is 19.1 Å². The van der Waals surface area contributed by atoms with Crippen molar-refractivity contribution in [3.63, 3.8) is 0 Å². The van der Waals surface area contributed by atoms with Crippen molar-refractivity contribution >= 4 is 23.7 Å². The standard InChI is InChI=1S/C24H42O5S/c1-4-6-8-12-20(25)16-14-19-15-17-21(29-23(27)11-5-2)24(19)30-18-10-7-9-13-22(26)28-3/h19-20,25H,4-18H2,1-3H3. The number of ether oxygens (including phenoxy) is 2. The molecule has 0 aliphatic heterocycles. The van der Waals surface area contributed by atoms with Crippen LogP contribution in [0.3, 0.4) is 0 Å². The molecule has 0 heterocycles. The highest BCUT2D eigenvalue weighted by Gasteiger charge is 2.28. The topological polar surface area (TPSA) is 72.8 Å². The number of aliphatic hydroxyl groups excluding tert-OH is 1. The van der Waals surface area contributed by atoms with Crippen LogP contribution >= 0.6 is 11.8 Å². The Balaban J connectivity index is 2.53. The molecule has 174 valence electrons. The van der Waals surface area contributed by atoms with E-state index in [1.807, 2.05) is 6.92 Å². The molecular weight excluding hydrogens is 400 g/mol. The summed E-state index contributed by atoms with van der Waals surface area (Å²) in [4.78, 5) is 24.4. The lowest BCUT2D eigenvalue weighted by atomic mass is 9.98. The molecule has 2 unspecified atom stereocenters. The van der Waals surface area contributed by atoms with Crippen molar-refractivity contribution in [1.29, 1.82) is 0 Å². The first kappa shape index (κ1) is 27.0. The highest BCUT2D eigenvalue weighted by molar-refractivity contribution is 8.03. The van der Waals surface area contributed by atoms with E-state index >= 15 is 0 Å². The second-order valence-corrected chi connectivity index (χ2v) is 9.35. The molecule has 30 heavy (non-hydrogen) atoms. The summed E-state index contributed by atoms with van der Waals surface area (Å²) in [5, 5.41) is 10.3. The van der Waals surface area contributed by atoms with Crippen molar-refractivity contribution in [2.75, 3.05) is 12.9 Å². The van der Waals surface area contributed by atoms with Crippen molar-refractivity contribution in [2.45, 2.75) is 110 Å². The Labute approximate surface area is 187 Å². The number of aliphatic hydroxyl groups is 1. The minimum Gasteiger partial charge on any atom is -0.469 e. The van der Waals surface area contributed by atoms with Crippen molar-refractivity contribution in [3.8, 4) is 0 Å². The van der Waals surface area contributed by atoms with Crippen LogP contribution in [0.2, 0.25) is 0 Å². The van der Waals surface area contributed by atoms with Gasteiger partial charge in [0.15, 0.2) is 0 Å². The van der Waals surface area contributed by atoms with Crippen molar-refractivity contribution in [2.24, 2.45) is 5.92 Å². The summed E-state index contributed by atoms with van der Waals surface area (Å²) < 4.78 is 10.4. The van der Waals surface area contributed by atoms with Crippen LogP contribution in [-0.4, -0.2) is 36.0 Å². The third-order valence-electron chi connectivity index (χ3n) is 5.56. The van der Waals surface area contributed by atoms with E-state index in [1.165, 1.54) is 24.9 Å². The van der Waals surface area contributed by atoms with Crippen LogP contribution < -0.4 is 0 Å². The van der Waals surface area contributed by atoms with E-state index in [9.17, 15) is 14.7 Å². The highest BCUT2D eigenvalue weighted by Crippen LogP contribution is 2.43. The number of hydrogen-bond acceptors (Lipinski definition) is 6. The van der Waals surface area contributed by atoms with Crippen LogP contribution in [0.15, 0.2) is 10.7 Å². The molecule has 1 aliphatic rings. The van der Waals surface area contributed by atoms with Crippen LogP contribution in [0.1, 0.15) is 104 Å². The molecule has 6 heteroatoms. The van der Waals surface area contributed by atoms with Gasteiger partial charge in [-0.15, -0.1) is 11.8 Å². The molecule has 1 N–H and O–H groups in total. The third kappa shape index (κ3) is 11.4. The summed E-state index contributed by atoms with van der Waals surface area (Å²) in [7, 11) is 1.42. The summed E-state index contributed by atoms with van der Waals surface area (Å²) >= 11 is 1.80. The number of unbranched alkanes of at least 4 members (excludes halogenated alkanes) is 4. The lowest BCUT2D eigenvalue weighted by molar-refractivity contribution is -0.141. The van der Waals surface area contributed by atoms with E-state index in [4.69, 9.17) is 4.74 Å². The average molecular weight is 443 g/mol. The maximum absolute atomic E-state index is 12.0. The van der Waals surface area contributed by atoms with Gasteiger partial charge in [0.1, 0.15) is 5.76 Å². The fourth-order valence-electron chi connectivity index (χ4n) is 3.76. The fraction of sp³-hybridized carbons (Fsp3) is 0.833. The van der Waals surface area contributed by atoms with Gasteiger partial charge >= 0.3 is 11.9 Å².